The third kappa shape index (κ3) is 12.2. The van der Waals surface area contributed by atoms with E-state index in [0.29, 0.717) is 65.2 Å². The van der Waals surface area contributed by atoms with E-state index in [0.717, 1.165) is 32.5 Å². The van der Waals surface area contributed by atoms with Crippen molar-refractivity contribution in [2.24, 2.45) is 5.92 Å². The number of terminal acetylenes is 1. The third-order valence-corrected chi connectivity index (χ3v) is 4.24. The van der Waals surface area contributed by atoms with Crippen molar-refractivity contribution in [1.82, 2.24) is 4.90 Å². The number of carbonyl (C=O) groups is 1. The standard InChI is InChI=1S/C19H33NO6/c1-3-9-23-11-13-25-15-16-26-14-12-24-10-8-20-6-4-18(5-7-20)17-19(21)22-2/h1,18H,4-17H2,2H3. The Kier molecular flexibility index (Phi) is 14.1. The molecule has 0 aliphatic carbocycles. The molecule has 0 aromatic heterocycles. The van der Waals surface area contributed by atoms with Crippen LogP contribution in [0, 0.1) is 18.3 Å². The van der Waals surface area contributed by atoms with Crippen LogP contribution in [-0.2, 0) is 28.5 Å². The zero-order valence-electron chi connectivity index (χ0n) is 16.0. The molecule has 0 aromatic carbocycles. The maximum atomic E-state index is 11.3. The van der Waals surface area contributed by atoms with Gasteiger partial charge >= 0.3 is 5.97 Å². The van der Waals surface area contributed by atoms with Crippen LogP contribution in [0.1, 0.15) is 19.3 Å². The number of rotatable bonds is 15. The van der Waals surface area contributed by atoms with Crippen molar-refractivity contribution in [1.29, 1.82) is 0 Å². The Labute approximate surface area is 157 Å². The van der Waals surface area contributed by atoms with Crippen molar-refractivity contribution in [3.05, 3.63) is 0 Å². The van der Waals surface area contributed by atoms with Crippen molar-refractivity contribution >= 4 is 5.97 Å². The quantitative estimate of drug-likeness (QED) is 0.241. The number of ether oxygens (including phenoxy) is 5. The predicted molar refractivity (Wildman–Crippen MR) is 97.9 cm³/mol. The molecule has 7 nitrogen and oxygen atoms in total. The molecule has 1 fully saturated rings. The van der Waals surface area contributed by atoms with Gasteiger partial charge in [0.15, 0.2) is 0 Å². The van der Waals surface area contributed by atoms with E-state index in [4.69, 9.17) is 30.1 Å². The molecule has 26 heavy (non-hydrogen) atoms. The zero-order chi connectivity index (χ0) is 18.9. The lowest BCUT2D eigenvalue weighted by Crippen LogP contribution is -2.36. The second-order valence-corrected chi connectivity index (χ2v) is 6.16. The molecule has 0 N–H and O–H groups in total. The van der Waals surface area contributed by atoms with E-state index in [1.165, 1.54) is 7.11 Å². The van der Waals surface area contributed by atoms with Crippen molar-refractivity contribution in [3.63, 3.8) is 0 Å². The van der Waals surface area contributed by atoms with Gasteiger partial charge in [-0.25, -0.2) is 0 Å². The van der Waals surface area contributed by atoms with E-state index in [1.807, 2.05) is 0 Å². The lowest BCUT2D eigenvalue weighted by atomic mass is 9.94. The average molecular weight is 371 g/mol. The first-order valence-corrected chi connectivity index (χ1v) is 9.30. The minimum absolute atomic E-state index is 0.102. The number of likely N-dealkylation sites (tertiary alicyclic amines) is 1. The molecule has 1 rings (SSSR count). The molecule has 7 heteroatoms. The number of esters is 1. The van der Waals surface area contributed by atoms with E-state index in [-0.39, 0.29) is 5.97 Å². The van der Waals surface area contributed by atoms with E-state index < -0.39 is 0 Å². The molecule has 0 atom stereocenters. The molecule has 0 amide bonds. The summed E-state index contributed by atoms with van der Waals surface area (Å²) < 4.78 is 26.2. The molecular formula is C19H33NO6. The topological polar surface area (TPSA) is 66.5 Å². The van der Waals surface area contributed by atoms with E-state index in [9.17, 15) is 4.79 Å². The van der Waals surface area contributed by atoms with Crippen molar-refractivity contribution in [2.45, 2.75) is 19.3 Å². The van der Waals surface area contributed by atoms with Gasteiger partial charge in [-0.1, -0.05) is 5.92 Å². The predicted octanol–water partition coefficient (Wildman–Crippen LogP) is 0.961. The van der Waals surface area contributed by atoms with Crippen LogP contribution in [0.3, 0.4) is 0 Å². The zero-order valence-corrected chi connectivity index (χ0v) is 16.0. The first-order chi connectivity index (χ1) is 12.8. The summed E-state index contributed by atoms with van der Waals surface area (Å²) in [6.07, 6.45) is 7.70. The van der Waals surface area contributed by atoms with Crippen molar-refractivity contribution in [3.8, 4) is 12.3 Å². The Balaban J connectivity index is 1.81. The van der Waals surface area contributed by atoms with Gasteiger partial charge in [0.05, 0.1) is 53.4 Å². The first kappa shape index (κ1) is 22.9. The summed E-state index contributed by atoms with van der Waals surface area (Å²) in [5.41, 5.74) is 0. The first-order valence-electron chi connectivity index (χ1n) is 9.30. The molecule has 0 unspecified atom stereocenters. The van der Waals surface area contributed by atoms with Gasteiger partial charge in [-0.05, 0) is 31.8 Å². The van der Waals surface area contributed by atoms with Crippen LogP contribution in [0.25, 0.3) is 0 Å². The summed E-state index contributed by atoms with van der Waals surface area (Å²) >= 11 is 0. The van der Waals surface area contributed by atoms with Gasteiger partial charge in [0.2, 0.25) is 0 Å². The van der Waals surface area contributed by atoms with E-state index >= 15 is 0 Å². The lowest BCUT2D eigenvalue weighted by Gasteiger charge is -2.31. The molecule has 0 radical (unpaired) electrons. The van der Waals surface area contributed by atoms with Crippen LogP contribution in [0.2, 0.25) is 0 Å². The Hall–Kier alpha value is -1.17. The molecule has 0 saturated carbocycles. The van der Waals surface area contributed by atoms with Crippen molar-refractivity contribution in [2.75, 3.05) is 79.6 Å². The van der Waals surface area contributed by atoms with Crippen LogP contribution >= 0.6 is 0 Å². The van der Waals surface area contributed by atoms with Gasteiger partial charge in [0.1, 0.15) is 6.61 Å². The summed E-state index contributed by atoms with van der Waals surface area (Å²) in [6.45, 7) is 7.26. The number of hydrogen-bond acceptors (Lipinski definition) is 7. The summed E-state index contributed by atoms with van der Waals surface area (Å²) in [7, 11) is 1.45. The molecule has 0 bridgehead atoms. The van der Waals surface area contributed by atoms with Crippen molar-refractivity contribution < 1.29 is 28.5 Å². The fourth-order valence-corrected chi connectivity index (χ4v) is 2.72. The highest BCUT2D eigenvalue weighted by molar-refractivity contribution is 5.69. The van der Waals surface area contributed by atoms with Gasteiger partial charge in [-0.3, -0.25) is 4.79 Å². The van der Waals surface area contributed by atoms with Crippen LogP contribution < -0.4 is 0 Å². The normalized spacial score (nSPS) is 15.7. The van der Waals surface area contributed by atoms with Gasteiger partial charge in [0, 0.05) is 13.0 Å². The Bertz CT molecular complexity index is 390. The van der Waals surface area contributed by atoms with Gasteiger partial charge in [0.25, 0.3) is 0 Å². The average Bonchev–Trinajstić information content (AvgIpc) is 2.66. The lowest BCUT2D eigenvalue weighted by molar-refractivity contribution is -0.142. The molecule has 1 heterocycles. The smallest absolute Gasteiger partial charge is 0.305 e. The molecule has 150 valence electrons. The molecule has 1 aliphatic rings. The minimum atomic E-state index is -0.102. The summed E-state index contributed by atoms with van der Waals surface area (Å²) in [5, 5.41) is 0. The summed E-state index contributed by atoms with van der Waals surface area (Å²) in [4.78, 5) is 13.7. The second-order valence-electron chi connectivity index (χ2n) is 6.16. The fraction of sp³-hybridized carbons (Fsp3) is 0.842. The Morgan fingerprint density at radius 3 is 2.04 bits per heavy atom. The van der Waals surface area contributed by atoms with Gasteiger partial charge in [-0.2, -0.15) is 0 Å². The Morgan fingerprint density at radius 2 is 1.50 bits per heavy atom. The largest absolute Gasteiger partial charge is 0.469 e. The van der Waals surface area contributed by atoms with Crippen LogP contribution in [0.15, 0.2) is 0 Å². The highest BCUT2D eigenvalue weighted by atomic mass is 16.6. The molecular weight excluding hydrogens is 338 g/mol. The maximum absolute atomic E-state index is 11.3. The summed E-state index contributed by atoms with van der Waals surface area (Å²) in [5.74, 6) is 2.75. The van der Waals surface area contributed by atoms with Crippen LogP contribution in [0.5, 0.6) is 0 Å². The number of piperidine rings is 1. The molecule has 0 aromatic rings. The van der Waals surface area contributed by atoms with Crippen LogP contribution in [0.4, 0.5) is 0 Å². The fourth-order valence-electron chi connectivity index (χ4n) is 2.72. The third-order valence-electron chi connectivity index (χ3n) is 4.24. The number of carbonyl (C=O) groups excluding carboxylic acids is 1. The van der Waals surface area contributed by atoms with Gasteiger partial charge in [-0.15, -0.1) is 6.42 Å². The Morgan fingerprint density at radius 1 is 0.962 bits per heavy atom. The highest BCUT2D eigenvalue weighted by Gasteiger charge is 2.21. The second kappa shape index (κ2) is 16.0. The van der Waals surface area contributed by atoms with Gasteiger partial charge < -0.3 is 28.6 Å². The maximum Gasteiger partial charge on any atom is 0.305 e. The van der Waals surface area contributed by atoms with Crippen LogP contribution in [-0.4, -0.2) is 90.5 Å². The monoisotopic (exact) mass is 371 g/mol. The number of hydrogen-bond donors (Lipinski definition) is 0. The SMILES string of the molecule is C#CCOCCOCCOCCOCCN1CCC(CC(=O)OC)CC1. The summed E-state index contributed by atoms with van der Waals surface area (Å²) in [6, 6.07) is 0. The van der Waals surface area contributed by atoms with E-state index in [1.54, 1.807) is 0 Å². The molecule has 0 spiro atoms. The minimum Gasteiger partial charge on any atom is -0.469 e. The molecule has 1 aliphatic heterocycles. The number of methoxy groups -OCH3 is 1. The van der Waals surface area contributed by atoms with E-state index in [2.05, 4.69) is 10.8 Å². The highest BCUT2D eigenvalue weighted by Crippen LogP contribution is 2.20. The number of nitrogens with zero attached hydrogens (tertiary/aromatic N) is 1. The molecule has 1 saturated heterocycles.